The first-order valence-corrected chi connectivity index (χ1v) is 10.1. The average molecular weight is 238 g/mol. The van der Waals surface area contributed by atoms with Crippen molar-refractivity contribution < 1.29 is 4.43 Å². The van der Waals surface area contributed by atoms with Crippen LogP contribution in [0.1, 0.15) is 45.4 Å². The maximum Gasteiger partial charge on any atom is 0.171 e. The number of hydrogen-bond acceptors (Lipinski definition) is 1. The fourth-order valence-electron chi connectivity index (χ4n) is 5.43. The minimum absolute atomic E-state index is 0.351. The maximum absolute atomic E-state index is 6.59. The van der Waals surface area contributed by atoms with Gasteiger partial charge in [0.05, 0.1) is 5.60 Å². The molecule has 16 heavy (non-hydrogen) atoms. The van der Waals surface area contributed by atoms with E-state index in [2.05, 4.69) is 20.0 Å². The zero-order valence-corrected chi connectivity index (χ0v) is 12.2. The Hall–Kier alpha value is 0.177. The smallest absolute Gasteiger partial charge is 0.171 e. The van der Waals surface area contributed by atoms with Crippen LogP contribution in [-0.4, -0.2) is 14.6 Å². The second-order valence-electron chi connectivity index (χ2n) is 6.85. The van der Waals surface area contributed by atoms with Crippen molar-refractivity contribution in [1.29, 1.82) is 0 Å². The lowest BCUT2D eigenvalue weighted by molar-refractivity contribution is -0.158. The minimum atomic E-state index is -0.881. The fraction of sp³-hybridized carbons (Fsp3) is 1.00. The van der Waals surface area contributed by atoms with Gasteiger partial charge < -0.3 is 4.43 Å². The van der Waals surface area contributed by atoms with Gasteiger partial charge in [-0.05, 0) is 68.9 Å². The van der Waals surface area contributed by atoms with Gasteiger partial charge in [0.15, 0.2) is 9.04 Å². The monoisotopic (exact) mass is 238 g/mol. The molecule has 0 aromatic carbocycles. The molecule has 0 aromatic heterocycles. The molecule has 4 aliphatic rings. The summed E-state index contributed by atoms with van der Waals surface area (Å²) in [4.78, 5) is 0. The standard InChI is InChI=1S/C14H26OSi/c1-4-13-12-6-10-5-11(7-12)9-14(13,8-10)15-16(2)3/h10-13,16H,4-9H2,1-3H3. The van der Waals surface area contributed by atoms with E-state index in [1.165, 1.54) is 38.5 Å². The third-order valence-corrected chi connectivity index (χ3v) is 6.30. The van der Waals surface area contributed by atoms with Gasteiger partial charge in [-0.2, -0.15) is 0 Å². The Bertz CT molecular complexity index is 256. The quantitative estimate of drug-likeness (QED) is 0.683. The van der Waals surface area contributed by atoms with E-state index < -0.39 is 9.04 Å². The predicted molar refractivity (Wildman–Crippen MR) is 70.0 cm³/mol. The van der Waals surface area contributed by atoms with Gasteiger partial charge in [0.1, 0.15) is 0 Å². The Morgan fingerprint density at radius 3 is 2.25 bits per heavy atom. The SMILES string of the molecule is CCC1C2CC3CC(C2)CC1(O[SiH](C)C)C3. The number of rotatable bonds is 3. The summed E-state index contributed by atoms with van der Waals surface area (Å²) in [6.07, 6.45) is 8.75. The van der Waals surface area contributed by atoms with Crippen LogP contribution in [0.25, 0.3) is 0 Å². The molecule has 0 amide bonds. The molecule has 2 heteroatoms. The molecule has 4 bridgehead atoms. The Balaban J connectivity index is 1.88. The molecule has 0 N–H and O–H groups in total. The van der Waals surface area contributed by atoms with Crippen molar-refractivity contribution in [3.8, 4) is 0 Å². The van der Waals surface area contributed by atoms with Gasteiger partial charge in [0.25, 0.3) is 0 Å². The van der Waals surface area contributed by atoms with E-state index in [4.69, 9.17) is 4.43 Å². The zero-order valence-electron chi connectivity index (χ0n) is 11.0. The van der Waals surface area contributed by atoms with Crippen LogP contribution < -0.4 is 0 Å². The third-order valence-electron chi connectivity index (χ3n) is 5.36. The van der Waals surface area contributed by atoms with Crippen molar-refractivity contribution in [3.63, 3.8) is 0 Å². The van der Waals surface area contributed by atoms with Crippen LogP contribution >= 0.6 is 0 Å². The maximum atomic E-state index is 6.59. The van der Waals surface area contributed by atoms with Gasteiger partial charge in [0, 0.05) is 0 Å². The lowest BCUT2D eigenvalue weighted by Gasteiger charge is -2.61. The van der Waals surface area contributed by atoms with Crippen LogP contribution in [0.5, 0.6) is 0 Å². The molecule has 0 saturated heterocycles. The van der Waals surface area contributed by atoms with E-state index in [9.17, 15) is 0 Å². The summed E-state index contributed by atoms with van der Waals surface area (Å²) in [5, 5.41) is 0. The van der Waals surface area contributed by atoms with Gasteiger partial charge in [-0.3, -0.25) is 0 Å². The molecule has 0 radical (unpaired) electrons. The zero-order chi connectivity index (χ0) is 11.3. The molecule has 4 aliphatic carbocycles. The molecular formula is C14H26OSi. The Morgan fingerprint density at radius 2 is 1.75 bits per heavy atom. The normalized spacial score (nSPS) is 50.2. The van der Waals surface area contributed by atoms with Crippen LogP contribution in [0.3, 0.4) is 0 Å². The van der Waals surface area contributed by atoms with Crippen LogP contribution in [0, 0.1) is 23.7 Å². The Morgan fingerprint density at radius 1 is 1.12 bits per heavy atom. The summed E-state index contributed by atoms with van der Waals surface area (Å²) in [6, 6.07) is 0. The first-order chi connectivity index (χ1) is 7.63. The van der Waals surface area contributed by atoms with Gasteiger partial charge >= 0.3 is 0 Å². The van der Waals surface area contributed by atoms with Crippen molar-refractivity contribution in [2.24, 2.45) is 23.7 Å². The van der Waals surface area contributed by atoms with Gasteiger partial charge in [-0.15, -0.1) is 0 Å². The van der Waals surface area contributed by atoms with Gasteiger partial charge in [0.2, 0.25) is 0 Å². The number of hydrogen-bond donors (Lipinski definition) is 0. The van der Waals surface area contributed by atoms with Gasteiger partial charge in [-0.25, -0.2) is 0 Å². The Kier molecular flexibility index (Phi) is 2.71. The molecule has 4 saturated carbocycles. The molecule has 0 aromatic rings. The third kappa shape index (κ3) is 1.60. The summed E-state index contributed by atoms with van der Waals surface area (Å²) in [7, 11) is -0.881. The first-order valence-electron chi connectivity index (χ1n) is 7.30. The summed E-state index contributed by atoms with van der Waals surface area (Å²) < 4.78 is 6.59. The van der Waals surface area contributed by atoms with E-state index in [1.54, 1.807) is 0 Å². The van der Waals surface area contributed by atoms with E-state index in [-0.39, 0.29) is 0 Å². The second kappa shape index (κ2) is 3.84. The van der Waals surface area contributed by atoms with E-state index in [0.717, 1.165) is 23.7 Å². The van der Waals surface area contributed by atoms with E-state index in [1.807, 2.05) is 0 Å². The molecule has 4 rings (SSSR count). The summed E-state index contributed by atoms with van der Waals surface area (Å²) in [5.74, 6) is 3.96. The highest BCUT2D eigenvalue weighted by Gasteiger charge is 2.56. The fourth-order valence-corrected chi connectivity index (χ4v) is 6.74. The van der Waals surface area contributed by atoms with Gasteiger partial charge in [-0.1, -0.05) is 13.3 Å². The molecule has 3 unspecified atom stereocenters. The largest absolute Gasteiger partial charge is 0.415 e. The molecule has 0 spiro atoms. The highest BCUT2D eigenvalue weighted by atomic mass is 28.3. The van der Waals surface area contributed by atoms with E-state index in [0.29, 0.717) is 5.60 Å². The highest BCUT2D eigenvalue weighted by molar-refractivity contribution is 6.48. The predicted octanol–water partition coefficient (Wildman–Crippen LogP) is 3.59. The molecule has 4 fully saturated rings. The first kappa shape index (κ1) is 11.3. The minimum Gasteiger partial charge on any atom is -0.415 e. The van der Waals surface area contributed by atoms with Crippen molar-refractivity contribution in [1.82, 2.24) is 0 Å². The van der Waals surface area contributed by atoms with E-state index >= 15 is 0 Å². The van der Waals surface area contributed by atoms with Crippen LogP contribution in [0.2, 0.25) is 13.1 Å². The van der Waals surface area contributed by atoms with Crippen molar-refractivity contribution >= 4 is 9.04 Å². The summed E-state index contributed by atoms with van der Waals surface area (Å²) >= 11 is 0. The van der Waals surface area contributed by atoms with Crippen molar-refractivity contribution in [3.05, 3.63) is 0 Å². The molecule has 92 valence electrons. The topological polar surface area (TPSA) is 9.23 Å². The average Bonchev–Trinajstić information content (AvgIpc) is 2.13. The van der Waals surface area contributed by atoms with Crippen molar-refractivity contribution in [2.45, 2.75) is 64.1 Å². The van der Waals surface area contributed by atoms with Crippen molar-refractivity contribution in [2.75, 3.05) is 0 Å². The molecular weight excluding hydrogens is 212 g/mol. The molecule has 0 heterocycles. The summed E-state index contributed by atoms with van der Waals surface area (Å²) in [6.45, 7) is 7.09. The lowest BCUT2D eigenvalue weighted by atomic mass is 9.49. The lowest BCUT2D eigenvalue weighted by Crippen LogP contribution is -2.59. The summed E-state index contributed by atoms with van der Waals surface area (Å²) in [5.41, 5.74) is 0.351. The second-order valence-corrected chi connectivity index (χ2v) is 9.19. The Labute approximate surface area is 102 Å². The highest BCUT2D eigenvalue weighted by Crippen LogP contribution is 2.60. The molecule has 3 atom stereocenters. The molecule has 0 aliphatic heterocycles. The molecule has 1 nitrogen and oxygen atoms in total. The van der Waals surface area contributed by atoms with Crippen LogP contribution in [0.15, 0.2) is 0 Å². The van der Waals surface area contributed by atoms with Crippen LogP contribution in [0.4, 0.5) is 0 Å². The van der Waals surface area contributed by atoms with Crippen LogP contribution in [-0.2, 0) is 4.43 Å².